The molecule has 17 heteroatoms. The first-order valence-corrected chi connectivity index (χ1v) is 11.1. The Morgan fingerprint density at radius 1 is 0.923 bits per heavy atom. The third-order valence-electron chi connectivity index (χ3n) is 5.34. The number of halogens is 6. The molecule has 214 valence electrons. The molecule has 0 bridgehead atoms. The number of ether oxygens (including phenoxy) is 1. The molecule has 3 N–H and O–H groups in total. The number of hydrogen-bond donors (Lipinski definition) is 3. The van der Waals surface area contributed by atoms with Gasteiger partial charge in [0.1, 0.15) is 0 Å². The Balaban J connectivity index is 0.000000317. The van der Waals surface area contributed by atoms with E-state index in [9.17, 15) is 31.1 Å². The molecule has 1 amide bonds. The fourth-order valence-electron chi connectivity index (χ4n) is 3.70. The molecule has 2 aliphatic rings. The molecule has 0 spiro atoms. The van der Waals surface area contributed by atoms with E-state index in [0.717, 1.165) is 26.0 Å². The molecular weight excluding hydrogens is 544 g/mol. The summed E-state index contributed by atoms with van der Waals surface area (Å²) < 4.78 is 69.5. The van der Waals surface area contributed by atoms with Crippen molar-refractivity contribution in [3.63, 3.8) is 0 Å². The zero-order valence-corrected chi connectivity index (χ0v) is 19.9. The van der Waals surface area contributed by atoms with Crippen LogP contribution in [0.1, 0.15) is 23.2 Å². The monoisotopic (exact) mass is 567 g/mol. The molecule has 2 aromatic heterocycles. The van der Waals surface area contributed by atoms with Crippen LogP contribution in [0, 0.1) is 5.92 Å². The number of aliphatic carboxylic acids is 2. The molecule has 0 unspecified atom stereocenters. The van der Waals surface area contributed by atoms with Crippen LogP contribution < -0.4 is 10.2 Å². The predicted octanol–water partition coefficient (Wildman–Crippen LogP) is 2.55. The summed E-state index contributed by atoms with van der Waals surface area (Å²) in [5.74, 6) is -4.54. The lowest BCUT2D eigenvalue weighted by molar-refractivity contribution is -0.193. The van der Waals surface area contributed by atoms with Gasteiger partial charge >= 0.3 is 24.3 Å². The lowest BCUT2D eigenvalue weighted by Gasteiger charge is -2.45. The molecule has 39 heavy (non-hydrogen) atoms. The first kappa shape index (κ1) is 31.2. The highest BCUT2D eigenvalue weighted by Crippen LogP contribution is 2.30. The van der Waals surface area contributed by atoms with Crippen molar-refractivity contribution in [1.82, 2.24) is 20.3 Å². The average molecular weight is 567 g/mol. The fourth-order valence-corrected chi connectivity index (χ4v) is 3.70. The highest BCUT2D eigenvalue weighted by molar-refractivity contribution is 5.94. The minimum Gasteiger partial charge on any atom is -0.475 e. The third-order valence-corrected chi connectivity index (χ3v) is 5.34. The van der Waals surface area contributed by atoms with Crippen LogP contribution in [0.2, 0.25) is 0 Å². The predicted molar refractivity (Wildman–Crippen MR) is 120 cm³/mol. The van der Waals surface area contributed by atoms with Crippen molar-refractivity contribution < 1.29 is 55.7 Å². The number of pyridine rings is 1. The number of carbonyl (C=O) groups is 3. The van der Waals surface area contributed by atoms with Crippen LogP contribution in [-0.2, 0) is 14.3 Å². The van der Waals surface area contributed by atoms with Crippen LogP contribution in [0.3, 0.4) is 0 Å². The lowest BCUT2D eigenvalue weighted by Crippen LogP contribution is -2.61. The molecule has 2 saturated heterocycles. The van der Waals surface area contributed by atoms with Crippen LogP contribution >= 0.6 is 0 Å². The summed E-state index contributed by atoms with van der Waals surface area (Å²) >= 11 is 0. The first-order valence-electron chi connectivity index (χ1n) is 11.1. The van der Waals surface area contributed by atoms with Crippen LogP contribution in [0.4, 0.5) is 32.3 Å². The van der Waals surface area contributed by atoms with E-state index < -0.39 is 24.3 Å². The van der Waals surface area contributed by atoms with Gasteiger partial charge in [0, 0.05) is 56.0 Å². The summed E-state index contributed by atoms with van der Waals surface area (Å²) in [5.41, 5.74) is 0.607. The molecule has 11 nitrogen and oxygen atoms in total. The van der Waals surface area contributed by atoms with Gasteiger partial charge in [-0.1, -0.05) is 0 Å². The molecule has 4 rings (SSSR count). The Hall–Kier alpha value is -4.02. The van der Waals surface area contributed by atoms with Crippen LogP contribution in [0.15, 0.2) is 43.0 Å². The minimum atomic E-state index is -5.08. The number of carboxylic acid groups (broad SMARTS) is 2. The molecule has 2 aromatic rings. The summed E-state index contributed by atoms with van der Waals surface area (Å²) in [4.78, 5) is 45.2. The number of aromatic nitrogens is 3. The largest absolute Gasteiger partial charge is 0.490 e. The SMILES string of the molecule is O=C(N[C@@H]1CN(c2ncccn2)C[C@@H]2CCCO[C@@H]21)c1ccncc1.O=C(O)C(F)(F)F.O=C(O)C(F)(F)F. The van der Waals surface area contributed by atoms with Gasteiger partial charge in [-0.3, -0.25) is 9.78 Å². The smallest absolute Gasteiger partial charge is 0.475 e. The lowest BCUT2D eigenvalue weighted by atomic mass is 9.85. The highest BCUT2D eigenvalue weighted by Gasteiger charge is 2.41. The van der Waals surface area contributed by atoms with Gasteiger partial charge in [0.05, 0.1) is 12.1 Å². The maximum Gasteiger partial charge on any atom is 0.490 e. The van der Waals surface area contributed by atoms with E-state index in [1.54, 1.807) is 36.9 Å². The van der Waals surface area contributed by atoms with E-state index >= 15 is 0 Å². The summed E-state index contributed by atoms with van der Waals surface area (Å²) in [7, 11) is 0. The van der Waals surface area contributed by atoms with Gasteiger partial charge in [-0.05, 0) is 31.0 Å². The topological polar surface area (TPSA) is 155 Å². The minimum absolute atomic E-state index is 0.0412. The molecular formula is C22H23F6N5O6. The van der Waals surface area contributed by atoms with Crippen molar-refractivity contribution in [2.24, 2.45) is 5.92 Å². The van der Waals surface area contributed by atoms with E-state index in [4.69, 9.17) is 24.5 Å². The number of amides is 1. The fraction of sp³-hybridized carbons (Fsp3) is 0.455. The Labute approximate surface area is 216 Å². The van der Waals surface area contributed by atoms with Crippen molar-refractivity contribution in [2.45, 2.75) is 37.3 Å². The molecule has 4 heterocycles. The maximum absolute atomic E-state index is 12.6. The number of nitrogens with one attached hydrogen (secondary N) is 1. The number of fused-ring (bicyclic) bond motifs is 1. The Morgan fingerprint density at radius 2 is 1.46 bits per heavy atom. The van der Waals surface area contributed by atoms with Crippen LogP contribution in [0.5, 0.6) is 0 Å². The van der Waals surface area contributed by atoms with Gasteiger partial charge in [0.2, 0.25) is 5.95 Å². The van der Waals surface area contributed by atoms with Crippen molar-refractivity contribution in [3.05, 3.63) is 48.5 Å². The molecule has 0 aromatic carbocycles. The Kier molecular flexibility index (Phi) is 10.9. The quantitative estimate of drug-likeness (QED) is 0.472. The van der Waals surface area contributed by atoms with Gasteiger partial charge in [-0.2, -0.15) is 26.3 Å². The summed E-state index contributed by atoms with van der Waals surface area (Å²) in [6.07, 6.45) is -1.24. The molecule has 2 fully saturated rings. The number of piperidine rings is 1. The molecule has 3 atom stereocenters. The third kappa shape index (κ3) is 9.99. The van der Waals surface area contributed by atoms with Gasteiger partial charge < -0.3 is 25.2 Å². The van der Waals surface area contributed by atoms with Gasteiger partial charge in [-0.15, -0.1) is 0 Å². The standard InChI is InChI=1S/C18H21N5O2.2C2HF3O2/c24-17(13-4-8-19-9-5-13)22-15-12-23(18-20-6-2-7-21-18)11-14-3-1-10-25-16(14)15;2*3-2(4,5)1(6)7/h2,4-9,14-16H,1,3,10-12H2,(H,22,24);2*(H,6,7)/t14-,15+,16-;;/m0../s1. The zero-order valence-electron chi connectivity index (χ0n) is 19.9. The number of carboxylic acids is 2. The van der Waals surface area contributed by atoms with Gasteiger partial charge in [-0.25, -0.2) is 19.6 Å². The average Bonchev–Trinajstić information content (AvgIpc) is 2.89. The van der Waals surface area contributed by atoms with Gasteiger partial charge in [0.15, 0.2) is 0 Å². The van der Waals surface area contributed by atoms with E-state index in [2.05, 4.69) is 25.2 Å². The van der Waals surface area contributed by atoms with Crippen molar-refractivity contribution in [3.8, 4) is 0 Å². The molecule has 2 aliphatic heterocycles. The second-order valence-electron chi connectivity index (χ2n) is 8.11. The summed E-state index contributed by atoms with van der Waals surface area (Å²) in [6.45, 7) is 2.25. The van der Waals surface area contributed by atoms with Crippen LogP contribution in [-0.4, -0.2) is 87.2 Å². The number of anilines is 1. The second-order valence-corrected chi connectivity index (χ2v) is 8.11. The number of hydrogen-bond acceptors (Lipinski definition) is 8. The second kappa shape index (κ2) is 13.7. The molecule has 0 aliphatic carbocycles. The number of alkyl halides is 6. The van der Waals surface area contributed by atoms with Crippen molar-refractivity contribution in [2.75, 3.05) is 24.6 Å². The molecule has 0 radical (unpaired) electrons. The van der Waals surface area contributed by atoms with E-state index in [0.29, 0.717) is 24.0 Å². The van der Waals surface area contributed by atoms with Crippen LogP contribution in [0.25, 0.3) is 0 Å². The highest BCUT2D eigenvalue weighted by atomic mass is 19.4. The normalized spacial score (nSPS) is 20.7. The summed E-state index contributed by atoms with van der Waals surface area (Å²) in [5, 5.41) is 17.4. The zero-order chi connectivity index (χ0) is 29.2. The molecule has 0 saturated carbocycles. The Bertz CT molecular complexity index is 1070. The summed E-state index contributed by atoms with van der Waals surface area (Å²) in [6, 6.07) is 5.15. The number of carbonyl (C=O) groups excluding carboxylic acids is 1. The van der Waals surface area contributed by atoms with E-state index in [1.165, 1.54) is 0 Å². The van der Waals surface area contributed by atoms with E-state index in [1.807, 2.05) is 6.07 Å². The maximum atomic E-state index is 12.6. The Morgan fingerprint density at radius 3 is 1.97 bits per heavy atom. The number of nitrogens with zero attached hydrogens (tertiary/aromatic N) is 4. The first-order chi connectivity index (χ1) is 18.2. The van der Waals surface area contributed by atoms with E-state index in [-0.39, 0.29) is 18.1 Å². The van der Waals surface area contributed by atoms with Gasteiger partial charge in [0.25, 0.3) is 5.91 Å². The number of rotatable bonds is 3. The van der Waals surface area contributed by atoms with Crippen molar-refractivity contribution in [1.29, 1.82) is 0 Å². The van der Waals surface area contributed by atoms with Crippen molar-refractivity contribution >= 4 is 23.8 Å².